The molecule has 14 rings (SSSR count). The number of carbonyl (C=O) groups is 2. The molecule has 4 nitrogen and oxygen atoms in total. The molecule has 2 bridgehead atoms. The van der Waals surface area contributed by atoms with Gasteiger partial charge in [-0.3, -0.25) is 9.59 Å². The Hall–Kier alpha value is -9.64. The van der Waals surface area contributed by atoms with Crippen molar-refractivity contribution in [3.05, 3.63) is 335 Å². The first-order valence-corrected chi connectivity index (χ1v) is 26.0. The van der Waals surface area contributed by atoms with Crippen LogP contribution < -0.4 is 9.80 Å². The molecule has 3 aliphatic carbocycles. The molecule has 0 saturated heterocycles. The lowest BCUT2D eigenvalue weighted by Gasteiger charge is -2.57. The molecule has 11 aromatic rings. The van der Waals surface area contributed by atoms with Crippen molar-refractivity contribution in [3.63, 3.8) is 0 Å². The summed E-state index contributed by atoms with van der Waals surface area (Å²) in [6.45, 7) is 3.26. The molecule has 0 heterocycles. The lowest BCUT2D eigenvalue weighted by molar-refractivity contribution is 0.100. The SMILES string of the molecule is CC(=O)c1cccc(-c2ccc3c(c2)C2(c4ccc(N(c5ccccc5)c5ccccc5)cc4)c4ccccc4C3(c3ccc(N(c4ccccc4)c4ccccc4)cc3)c3cc(-c4cccc(C(C)=O)c4)ccc32)c1. The zero-order valence-electron chi connectivity index (χ0n) is 42.3. The molecule has 3 aliphatic rings. The molecule has 0 fully saturated rings. The fourth-order valence-electron chi connectivity index (χ4n) is 12.4. The van der Waals surface area contributed by atoms with Crippen molar-refractivity contribution in [1.29, 1.82) is 0 Å². The van der Waals surface area contributed by atoms with Crippen molar-refractivity contribution in [2.24, 2.45) is 0 Å². The normalized spacial score (nSPS) is 15.7. The fraction of sp³-hybridized carbons (Fsp3) is 0.0556. The number of nitrogens with zero attached hydrogens (tertiary/aromatic N) is 2. The van der Waals surface area contributed by atoms with Crippen LogP contribution in [-0.2, 0) is 10.8 Å². The van der Waals surface area contributed by atoms with Crippen LogP contribution in [0.2, 0.25) is 0 Å². The molecule has 0 aromatic heterocycles. The third-order valence-electron chi connectivity index (χ3n) is 15.8. The highest BCUT2D eigenvalue weighted by molar-refractivity contribution is 5.96. The summed E-state index contributed by atoms with van der Waals surface area (Å²) in [5.74, 6) is 0.0620. The van der Waals surface area contributed by atoms with E-state index in [9.17, 15) is 9.59 Å². The van der Waals surface area contributed by atoms with E-state index in [1.54, 1.807) is 13.8 Å². The smallest absolute Gasteiger partial charge is 0.159 e. The highest BCUT2D eigenvalue weighted by Crippen LogP contribution is 2.67. The number of anilines is 6. The minimum absolute atomic E-state index is 0.0310. The first-order chi connectivity index (χ1) is 37.3. The Balaban J connectivity index is 1.10. The molecule has 0 saturated carbocycles. The second-order valence-electron chi connectivity index (χ2n) is 19.9. The van der Waals surface area contributed by atoms with Crippen molar-refractivity contribution < 1.29 is 9.59 Å². The minimum atomic E-state index is -0.794. The van der Waals surface area contributed by atoms with Crippen LogP contribution in [0.25, 0.3) is 22.3 Å². The number of Topliss-reactive ketones (excluding diaryl/α,β-unsaturated/α-hetero) is 2. The zero-order valence-corrected chi connectivity index (χ0v) is 42.3. The largest absolute Gasteiger partial charge is 0.311 e. The van der Waals surface area contributed by atoms with Gasteiger partial charge in [-0.25, -0.2) is 0 Å². The van der Waals surface area contributed by atoms with Gasteiger partial charge in [0.1, 0.15) is 0 Å². The van der Waals surface area contributed by atoms with Crippen molar-refractivity contribution in [1.82, 2.24) is 0 Å². The maximum absolute atomic E-state index is 12.9. The van der Waals surface area contributed by atoms with Gasteiger partial charge in [0.25, 0.3) is 0 Å². The predicted octanol–water partition coefficient (Wildman–Crippen LogP) is 17.8. The van der Waals surface area contributed by atoms with Gasteiger partial charge in [-0.05, 0) is 178 Å². The standard InChI is InChI=1S/C72H52N2O2/c1-49(75)51-19-17-21-53(45-51)55-33-43-67-69(47-55)71(57-35-39-63(40-36-57)73(59-23-7-3-8-24-59)60-25-9-4-10-26-60)65-31-15-16-32-66(65)72(67,70-48-56(34-44-68(70)71)54-22-18-20-52(46-54)50(2)76)58-37-41-64(42-38-58)74(61-27-11-5-12-28-61)62-29-13-6-14-30-62/h3-48H,1-2H3. The van der Waals surface area contributed by atoms with Gasteiger partial charge in [0.2, 0.25) is 0 Å². The Morgan fingerprint density at radius 2 is 0.553 bits per heavy atom. The topological polar surface area (TPSA) is 40.6 Å². The molecule has 0 amide bonds. The van der Waals surface area contributed by atoms with Crippen molar-refractivity contribution in [2.45, 2.75) is 24.7 Å². The van der Waals surface area contributed by atoms with E-state index in [0.717, 1.165) is 67.5 Å². The van der Waals surface area contributed by atoms with Crippen molar-refractivity contribution in [2.75, 3.05) is 9.80 Å². The van der Waals surface area contributed by atoms with Crippen LogP contribution in [0.3, 0.4) is 0 Å². The summed E-state index contributed by atoms with van der Waals surface area (Å²) in [4.78, 5) is 30.5. The zero-order chi connectivity index (χ0) is 51.4. The molecule has 0 radical (unpaired) electrons. The molecule has 2 atom stereocenters. The fourth-order valence-corrected chi connectivity index (χ4v) is 12.4. The van der Waals surface area contributed by atoms with E-state index in [2.05, 4.69) is 252 Å². The molecule has 0 N–H and O–H groups in total. The van der Waals surface area contributed by atoms with E-state index in [4.69, 9.17) is 0 Å². The predicted molar refractivity (Wildman–Crippen MR) is 310 cm³/mol. The van der Waals surface area contributed by atoms with Gasteiger partial charge < -0.3 is 9.80 Å². The average Bonchev–Trinajstić information content (AvgIpc) is 3.67. The first-order valence-electron chi connectivity index (χ1n) is 26.0. The van der Waals surface area contributed by atoms with Crippen molar-refractivity contribution in [3.8, 4) is 22.3 Å². The summed E-state index contributed by atoms with van der Waals surface area (Å²) in [7, 11) is 0. The van der Waals surface area contributed by atoms with Gasteiger partial charge >= 0.3 is 0 Å². The molecule has 11 aromatic carbocycles. The maximum atomic E-state index is 12.9. The summed E-state index contributed by atoms with van der Waals surface area (Å²) in [6, 6.07) is 99.8. The molecule has 76 heavy (non-hydrogen) atoms. The third kappa shape index (κ3) is 7.36. The number of rotatable bonds is 12. The number of hydrogen-bond donors (Lipinski definition) is 0. The average molecular weight is 977 g/mol. The summed E-state index contributed by atoms with van der Waals surface area (Å²) < 4.78 is 0. The summed E-state index contributed by atoms with van der Waals surface area (Å²) in [5.41, 5.74) is 19.6. The van der Waals surface area contributed by atoms with Gasteiger partial charge in [-0.15, -0.1) is 0 Å². The Morgan fingerprint density at radius 1 is 0.263 bits per heavy atom. The molecule has 4 heteroatoms. The van der Waals surface area contributed by atoms with E-state index in [1.165, 1.54) is 33.4 Å². The monoisotopic (exact) mass is 976 g/mol. The van der Waals surface area contributed by atoms with Crippen LogP contribution in [0.15, 0.2) is 279 Å². The minimum Gasteiger partial charge on any atom is -0.311 e. The third-order valence-corrected chi connectivity index (χ3v) is 15.8. The van der Waals surface area contributed by atoms with Crippen LogP contribution in [0, 0.1) is 0 Å². The summed E-state index contributed by atoms with van der Waals surface area (Å²) in [5, 5.41) is 0. The quantitative estimate of drug-likeness (QED) is 0.114. The molecule has 362 valence electrons. The van der Waals surface area contributed by atoms with E-state index in [-0.39, 0.29) is 11.6 Å². The molecular weight excluding hydrogens is 925 g/mol. The number of benzene rings is 11. The Kier molecular flexibility index (Phi) is 11.4. The van der Waals surface area contributed by atoms with Gasteiger partial charge in [-0.2, -0.15) is 0 Å². The molecule has 0 spiro atoms. The van der Waals surface area contributed by atoms with Crippen LogP contribution >= 0.6 is 0 Å². The van der Waals surface area contributed by atoms with Crippen LogP contribution in [0.5, 0.6) is 0 Å². The van der Waals surface area contributed by atoms with E-state index in [1.807, 2.05) is 36.4 Å². The lowest BCUT2D eigenvalue weighted by Crippen LogP contribution is -2.52. The number of para-hydroxylation sites is 4. The maximum Gasteiger partial charge on any atom is 0.159 e. The van der Waals surface area contributed by atoms with Crippen LogP contribution in [0.1, 0.15) is 79.1 Å². The highest BCUT2D eigenvalue weighted by Gasteiger charge is 2.60. The van der Waals surface area contributed by atoms with E-state index >= 15 is 0 Å². The van der Waals surface area contributed by atoms with Gasteiger partial charge in [0.15, 0.2) is 11.6 Å². The summed E-state index contributed by atoms with van der Waals surface area (Å²) in [6.07, 6.45) is 0. The Labute approximate surface area is 444 Å². The molecular formula is C72H52N2O2. The molecule has 2 unspecified atom stereocenters. The lowest BCUT2D eigenvalue weighted by atomic mass is 9.44. The Bertz CT molecular complexity index is 3650. The highest BCUT2D eigenvalue weighted by atomic mass is 16.1. The van der Waals surface area contributed by atoms with Crippen LogP contribution in [-0.4, -0.2) is 11.6 Å². The van der Waals surface area contributed by atoms with Gasteiger partial charge in [0, 0.05) is 45.3 Å². The number of ketones is 2. The van der Waals surface area contributed by atoms with Gasteiger partial charge in [0.05, 0.1) is 10.8 Å². The van der Waals surface area contributed by atoms with Gasteiger partial charge in [-0.1, -0.05) is 182 Å². The summed E-state index contributed by atoms with van der Waals surface area (Å²) >= 11 is 0. The second kappa shape index (κ2) is 18.7. The van der Waals surface area contributed by atoms with E-state index < -0.39 is 10.8 Å². The van der Waals surface area contributed by atoms with E-state index in [0.29, 0.717) is 11.1 Å². The second-order valence-corrected chi connectivity index (χ2v) is 19.9. The Morgan fingerprint density at radius 3 is 0.882 bits per heavy atom. The number of hydrogen-bond acceptors (Lipinski definition) is 4. The first kappa shape index (κ1) is 46.2. The molecule has 0 aliphatic heterocycles. The van der Waals surface area contributed by atoms with Crippen molar-refractivity contribution >= 4 is 45.7 Å². The number of carbonyl (C=O) groups excluding carboxylic acids is 2. The van der Waals surface area contributed by atoms with Crippen LogP contribution in [0.4, 0.5) is 34.1 Å².